The highest BCUT2D eigenvalue weighted by atomic mass is 16.5. The second kappa shape index (κ2) is 8.65. The van der Waals surface area contributed by atoms with Crippen molar-refractivity contribution >= 4 is 23.0 Å². The van der Waals surface area contributed by atoms with Gasteiger partial charge in [-0.25, -0.2) is 0 Å². The van der Waals surface area contributed by atoms with Crippen LogP contribution in [0.25, 0.3) is 0 Å². The molecule has 29 heavy (non-hydrogen) atoms. The number of carbonyl (C=O) groups excluding carboxylic acids is 1. The molecule has 2 atom stereocenters. The molecule has 0 radical (unpaired) electrons. The number of phenols is 1. The number of hydrogen-bond acceptors (Lipinski definition) is 7. The Hall–Kier alpha value is -2.87. The lowest BCUT2D eigenvalue weighted by atomic mass is 9.84. The molecule has 1 amide bonds. The van der Waals surface area contributed by atoms with Gasteiger partial charge in [-0.3, -0.25) is 14.4 Å². The van der Waals surface area contributed by atoms with Crippen molar-refractivity contribution in [2.24, 2.45) is 5.92 Å². The predicted molar refractivity (Wildman–Crippen MR) is 116 cm³/mol. The molecule has 1 aliphatic carbocycles. The zero-order valence-electron chi connectivity index (χ0n) is 16.9. The minimum absolute atomic E-state index is 0. The molecule has 8 nitrogen and oxygen atoms in total. The van der Waals surface area contributed by atoms with Gasteiger partial charge >= 0.3 is 0 Å². The minimum Gasteiger partial charge on any atom is -0.505 e. The topological polar surface area (TPSA) is 108 Å². The number of para-hydroxylation sites is 1. The molecule has 0 heterocycles. The van der Waals surface area contributed by atoms with E-state index in [1.54, 1.807) is 33.3 Å². The van der Waals surface area contributed by atoms with Crippen molar-refractivity contribution < 1.29 is 17.5 Å². The van der Waals surface area contributed by atoms with Crippen LogP contribution in [0.3, 0.4) is 0 Å². The van der Waals surface area contributed by atoms with Crippen molar-refractivity contribution in [2.75, 3.05) is 38.4 Å². The van der Waals surface area contributed by atoms with E-state index in [-0.39, 0.29) is 49.1 Å². The van der Waals surface area contributed by atoms with Gasteiger partial charge in [-0.15, -0.1) is 0 Å². The fourth-order valence-corrected chi connectivity index (χ4v) is 3.84. The number of carbonyl (C=O) groups is 1. The zero-order chi connectivity index (χ0) is 21.1. The van der Waals surface area contributed by atoms with Gasteiger partial charge in [0.15, 0.2) is 5.75 Å². The Balaban J connectivity index is 0.00000240. The Labute approximate surface area is 172 Å². The number of methoxy groups -OCH3 is 1. The van der Waals surface area contributed by atoms with Crippen molar-refractivity contribution in [1.82, 2.24) is 4.90 Å². The van der Waals surface area contributed by atoms with Gasteiger partial charge in [0.05, 0.1) is 17.9 Å². The number of ether oxygens (including phenoxy) is 1. The van der Waals surface area contributed by atoms with E-state index in [9.17, 15) is 19.5 Å². The molecule has 3 rings (SSSR count). The van der Waals surface area contributed by atoms with Crippen molar-refractivity contribution in [3.05, 3.63) is 44.2 Å². The van der Waals surface area contributed by atoms with E-state index in [1.165, 1.54) is 11.0 Å². The first-order valence-corrected chi connectivity index (χ1v) is 9.74. The van der Waals surface area contributed by atoms with Crippen molar-refractivity contribution in [3.8, 4) is 5.75 Å². The third kappa shape index (κ3) is 4.12. The van der Waals surface area contributed by atoms with E-state index in [1.807, 2.05) is 0 Å². The average molecular weight is 405 g/mol. The molecular formula is C21H31N3O5. The second-order valence-electron chi connectivity index (χ2n) is 7.69. The molecule has 160 valence electrons. The quantitative estimate of drug-likeness (QED) is 0.480. The SMILES string of the molecule is COC[C@H]1CCCC[C@@H]1Nc1c(Nc2cccc(C(=O)N(C)C)c2O)c(=O)c1=O.[HH].[HH]. The number of phenolic OH excluding ortho intramolecular Hbond substituents is 1. The summed E-state index contributed by atoms with van der Waals surface area (Å²) in [6.07, 6.45) is 4.05. The summed E-state index contributed by atoms with van der Waals surface area (Å²) in [5.41, 5.74) is -0.566. The van der Waals surface area contributed by atoms with Crippen LogP contribution in [-0.2, 0) is 4.74 Å². The van der Waals surface area contributed by atoms with Crippen LogP contribution in [0, 0.1) is 5.92 Å². The number of aromatic hydroxyl groups is 1. The number of benzene rings is 1. The molecule has 0 bridgehead atoms. The van der Waals surface area contributed by atoms with Crippen LogP contribution >= 0.6 is 0 Å². The Morgan fingerprint density at radius 3 is 2.59 bits per heavy atom. The summed E-state index contributed by atoms with van der Waals surface area (Å²) < 4.78 is 5.29. The summed E-state index contributed by atoms with van der Waals surface area (Å²) in [7, 11) is 4.82. The first-order chi connectivity index (χ1) is 13.8. The van der Waals surface area contributed by atoms with Gasteiger partial charge in [0.25, 0.3) is 16.8 Å². The van der Waals surface area contributed by atoms with Crippen LogP contribution in [-0.4, -0.2) is 49.8 Å². The van der Waals surface area contributed by atoms with Crippen LogP contribution < -0.4 is 21.5 Å². The van der Waals surface area contributed by atoms with Gasteiger partial charge in [-0.2, -0.15) is 0 Å². The molecular weight excluding hydrogens is 374 g/mol. The Morgan fingerprint density at radius 2 is 1.90 bits per heavy atom. The van der Waals surface area contributed by atoms with E-state index in [0.29, 0.717) is 6.61 Å². The lowest BCUT2D eigenvalue weighted by molar-refractivity contribution is 0.0824. The number of nitrogens with one attached hydrogen (secondary N) is 2. The van der Waals surface area contributed by atoms with Crippen LogP contribution in [0.1, 0.15) is 38.9 Å². The largest absolute Gasteiger partial charge is 0.505 e. The lowest BCUT2D eigenvalue weighted by Crippen LogP contribution is -2.42. The van der Waals surface area contributed by atoms with Gasteiger partial charge < -0.3 is 25.4 Å². The summed E-state index contributed by atoms with van der Waals surface area (Å²) >= 11 is 0. The lowest BCUT2D eigenvalue weighted by Gasteiger charge is -2.33. The van der Waals surface area contributed by atoms with E-state index in [0.717, 1.165) is 25.7 Å². The monoisotopic (exact) mass is 405 g/mol. The fraction of sp³-hybridized carbons (Fsp3) is 0.476. The maximum absolute atomic E-state index is 12.2. The Morgan fingerprint density at radius 1 is 1.21 bits per heavy atom. The smallest absolute Gasteiger partial charge is 0.257 e. The Bertz CT molecular complexity index is 971. The molecule has 0 aliphatic heterocycles. The van der Waals surface area contributed by atoms with Gasteiger partial charge in [-0.05, 0) is 25.0 Å². The minimum atomic E-state index is -0.643. The normalized spacial score (nSPS) is 19.1. The molecule has 8 heteroatoms. The third-order valence-electron chi connectivity index (χ3n) is 5.46. The maximum atomic E-state index is 12.2. The van der Waals surface area contributed by atoms with E-state index >= 15 is 0 Å². The molecule has 2 aromatic carbocycles. The molecule has 0 spiro atoms. The van der Waals surface area contributed by atoms with E-state index in [2.05, 4.69) is 10.6 Å². The maximum Gasteiger partial charge on any atom is 0.257 e. The van der Waals surface area contributed by atoms with Crippen molar-refractivity contribution in [1.29, 1.82) is 0 Å². The highest BCUT2D eigenvalue weighted by molar-refractivity contribution is 5.99. The number of anilines is 3. The molecule has 0 saturated heterocycles. The summed E-state index contributed by atoms with van der Waals surface area (Å²) in [5.74, 6) is -0.361. The number of nitrogens with zero attached hydrogens (tertiary/aromatic N) is 1. The third-order valence-corrected chi connectivity index (χ3v) is 5.46. The summed E-state index contributed by atoms with van der Waals surface area (Å²) in [4.78, 5) is 37.9. The van der Waals surface area contributed by atoms with Gasteiger partial charge in [0.2, 0.25) is 0 Å². The summed E-state index contributed by atoms with van der Waals surface area (Å²) in [6.45, 7) is 0.589. The average Bonchev–Trinajstić information content (AvgIpc) is 2.72. The first kappa shape index (κ1) is 20.9. The van der Waals surface area contributed by atoms with Gasteiger partial charge in [0.1, 0.15) is 11.4 Å². The molecule has 1 aliphatic rings. The second-order valence-corrected chi connectivity index (χ2v) is 7.69. The number of rotatable bonds is 7. The van der Waals surface area contributed by atoms with Crippen LogP contribution in [0.2, 0.25) is 0 Å². The zero-order valence-corrected chi connectivity index (χ0v) is 16.9. The predicted octanol–water partition coefficient (Wildman–Crippen LogP) is 2.54. The molecule has 1 fully saturated rings. The number of amides is 1. The van der Waals surface area contributed by atoms with Crippen LogP contribution in [0.15, 0.2) is 27.8 Å². The standard InChI is InChI=1S/C21H27N3O5.2H2/c1-24(2)21(28)13-8-6-10-15(18(13)25)23-17-16(19(26)20(17)27)22-14-9-5-4-7-12(14)11-29-3;;/h6,8,10,12,14,22-23,25H,4-5,7,9,11H2,1-3H3;2*1H/t12-,14+;;/m1../s1. The van der Waals surface area contributed by atoms with Gasteiger partial charge in [-0.1, -0.05) is 18.9 Å². The van der Waals surface area contributed by atoms with E-state index in [4.69, 9.17) is 4.74 Å². The molecule has 3 N–H and O–H groups in total. The molecule has 2 aromatic rings. The summed E-state index contributed by atoms with van der Waals surface area (Å²) in [5, 5.41) is 16.6. The molecule has 0 aromatic heterocycles. The fourth-order valence-electron chi connectivity index (χ4n) is 3.84. The summed E-state index contributed by atoms with van der Waals surface area (Å²) in [6, 6.07) is 4.70. The first-order valence-electron chi connectivity index (χ1n) is 9.74. The van der Waals surface area contributed by atoms with E-state index < -0.39 is 10.9 Å². The van der Waals surface area contributed by atoms with Crippen LogP contribution in [0.4, 0.5) is 17.1 Å². The molecule has 0 unspecified atom stereocenters. The van der Waals surface area contributed by atoms with Crippen molar-refractivity contribution in [3.63, 3.8) is 0 Å². The highest BCUT2D eigenvalue weighted by Gasteiger charge is 2.30. The Kier molecular flexibility index (Phi) is 6.22. The number of hydrogen-bond donors (Lipinski definition) is 3. The van der Waals surface area contributed by atoms with Gasteiger partial charge in [0, 0.05) is 36.0 Å². The van der Waals surface area contributed by atoms with Crippen molar-refractivity contribution in [2.45, 2.75) is 31.7 Å². The highest BCUT2D eigenvalue weighted by Crippen LogP contribution is 2.33. The van der Waals surface area contributed by atoms with Crippen LogP contribution in [0.5, 0.6) is 5.75 Å². The molecule has 1 saturated carbocycles.